The summed E-state index contributed by atoms with van der Waals surface area (Å²) in [6, 6.07) is 2.81. The first kappa shape index (κ1) is 14.5. The monoisotopic (exact) mass is 261 g/mol. The highest BCUT2D eigenvalue weighted by molar-refractivity contribution is 5.21. The van der Waals surface area contributed by atoms with Crippen LogP contribution in [0.5, 0.6) is 0 Å². The molecular weight excluding hydrogens is 234 g/mol. The van der Waals surface area contributed by atoms with Crippen molar-refractivity contribution in [3.8, 4) is 0 Å². The molecule has 1 saturated heterocycles. The molecular formula is C16H27N3. The predicted molar refractivity (Wildman–Crippen MR) is 80.1 cm³/mol. The minimum atomic E-state index is 0.700. The maximum Gasteiger partial charge on any atom is 0.0315 e. The number of rotatable bonds is 5. The van der Waals surface area contributed by atoms with Crippen molar-refractivity contribution >= 4 is 0 Å². The smallest absolute Gasteiger partial charge is 0.0315 e. The van der Waals surface area contributed by atoms with Crippen molar-refractivity contribution in [1.29, 1.82) is 0 Å². The van der Waals surface area contributed by atoms with E-state index in [1.54, 1.807) is 0 Å². The molecule has 1 aliphatic rings. The fraction of sp³-hybridized carbons (Fsp3) is 0.688. The van der Waals surface area contributed by atoms with Gasteiger partial charge in [-0.2, -0.15) is 0 Å². The zero-order valence-corrected chi connectivity index (χ0v) is 12.5. The first-order valence-corrected chi connectivity index (χ1v) is 7.56. The maximum atomic E-state index is 4.25. The zero-order valence-electron chi connectivity index (χ0n) is 12.5. The lowest BCUT2D eigenvalue weighted by Crippen LogP contribution is -2.48. The quantitative estimate of drug-likeness (QED) is 0.883. The van der Waals surface area contributed by atoms with Gasteiger partial charge in [0.15, 0.2) is 0 Å². The third-order valence-electron chi connectivity index (χ3n) is 4.19. The first-order chi connectivity index (χ1) is 9.20. The maximum absolute atomic E-state index is 4.25. The molecule has 1 N–H and O–H groups in total. The van der Waals surface area contributed by atoms with Gasteiger partial charge in [0, 0.05) is 31.5 Å². The number of likely N-dealkylation sites (tertiary alicyclic amines) is 1. The summed E-state index contributed by atoms with van der Waals surface area (Å²) in [5.74, 6) is 0.734. The summed E-state index contributed by atoms with van der Waals surface area (Å²) in [5, 5.41) is 3.68. The Kier molecular flexibility index (Phi) is 5.34. The minimum absolute atomic E-state index is 0.700. The van der Waals surface area contributed by atoms with Crippen LogP contribution in [0.4, 0.5) is 0 Å². The largest absolute Gasteiger partial charge is 0.314 e. The average Bonchev–Trinajstić information content (AvgIpc) is 2.40. The molecule has 0 aliphatic carbocycles. The first-order valence-electron chi connectivity index (χ1n) is 7.56. The van der Waals surface area contributed by atoms with Crippen molar-refractivity contribution in [1.82, 2.24) is 15.2 Å². The van der Waals surface area contributed by atoms with Gasteiger partial charge in [0.25, 0.3) is 0 Å². The van der Waals surface area contributed by atoms with Crippen molar-refractivity contribution < 1.29 is 0 Å². The Balaban J connectivity index is 1.86. The fourth-order valence-electron chi connectivity index (χ4n) is 2.91. The van der Waals surface area contributed by atoms with Gasteiger partial charge in [-0.15, -0.1) is 0 Å². The van der Waals surface area contributed by atoms with Gasteiger partial charge in [-0.3, -0.25) is 9.88 Å². The topological polar surface area (TPSA) is 28.2 Å². The van der Waals surface area contributed by atoms with Crippen molar-refractivity contribution in [2.24, 2.45) is 5.92 Å². The zero-order chi connectivity index (χ0) is 13.7. The number of nitrogens with zero attached hydrogens (tertiary/aromatic N) is 2. The van der Waals surface area contributed by atoms with E-state index in [2.05, 4.69) is 42.0 Å². The molecule has 0 aromatic carbocycles. The van der Waals surface area contributed by atoms with Crippen LogP contribution in [0, 0.1) is 12.8 Å². The third-order valence-corrected chi connectivity index (χ3v) is 4.19. The van der Waals surface area contributed by atoms with Crippen LogP contribution in [0.1, 0.15) is 37.8 Å². The number of piperidine rings is 1. The number of hydrogen-bond donors (Lipinski definition) is 1. The highest BCUT2D eigenvalue weighted by Gasteiger charge is 2.25. The molecule has 1 aromatic heterocycles. The number of hydrogen-bond acceptors (Lipinski definition) is 3. The summed E-state index contributed by atoms with van der Waals surface area (Å²) in [6.45, 7) is 11.4. The number of aryl methyl sites for hydroxylation is 1. The van der Waals surface area contributed by atoms with E-state index in [0.717, 1.165) is 19.0 Å². The molecule has 1 fully saturated rings. The van der Waals surface area contributed by atoms with Crippen LogP contribution in [0.2, 0.25) is 0 Å². The minimum Gasteiger partial charge on any atom is -0.314 e. The van der Waals surface area contributed by atoms with Gasteiger partial charge in [0.05, 0.1) is 0 Å². The van der Waals surface area contributed by atoms with E-state index in [1.807, 2.05) is 12.4 Å². The number of aromatic nitrogens is 1. The molecule has 2 heterocycles. The van der Waals surface area contributed by atoms with Crippen LogP contribution in [0.25, 0.3) is 0 Å². The van der Waals surface area contributed by atoms with Gasteiger partial charge < -0.3 is 5.32 Å². The highest BCUT2D eigenvalue weighted by atomic mass is 15.1. The molecule has 2 atom stereocenters. The van der Waals surface area contributed by atoms with Crippen LogP contribution in [0.15, 0.2) is 18.5 Å². The lowest BCUT2D eigenvalue weighted by molar-refractivity contribution is 0.141. The normalized spacial score (nSPS) is 24.6. The Labute approximate surface area is 117 Å². The summed E-state index contributed by atoms with van der Waals surface area (Å²) < 4.78 is 0. The lowest BCUT2D eigenvalue weighted by atomic mass is 9.93. The number of nitrogens with one attached hydrogen (secondary N) is 1. The molecule has 19 heavy (non-hydrogen) atoms. The van der Waals surface area contributed by atoms with E-state index in [0.29, 0.717) is 6.04 Å². The Bertz CT molecular complexity index is 391. The van der Waals surface area contributed by atoms with E-state index < -0.39 is 0 Å². The van der Waals surface area contributed by atoms with Gasteiger partial charge in [-0.05, 0) is 56.0 Å². The van der Waals surface area contributed by atoms with Gasteiger partial charge in [-0.1, -0.05) is 13.8 Å². The summed E-state index contributed by atoms with van der Waals surface area (Å²) in [6.07, 6.45) is 6.38. The molecule has 0 spiro atoms. The third kappa shape index (κ3) is 4.02. The van der Waals surface area contributed by atoms with Crippen molar-refractivity contribution in [2.75, 3.05) is 19.6 Å². The standard InChI is InChI=1S/C16H27N3/c1-4-7-18-16-6-9-19(11-14(16)3)12-15-10-17-8-5-13(15)2/h5,8,10,14,16,18H,4,6-7,9,11-12H2,1-3H3. The molecule has 0 saturated carbocycles. The Morgan fingerprint density at radius 1 is 1.47 bits per heavy atom. The molecule has 2 rings (SSSR count). The van der Waals surface area contributed by atoms with Crippen LogP contribution in [-0.2, 0) is 6.54 Å². The fourth-order valence-corrected chi connectivity index (χ4v) is 2.91. The molecule has 1 aliphatic heterocycles. The SMILES string of the molecule is CCCNC1CCN(Cc2cnccc2C)CC1C. The molecule has 2 unspecified atom stereocenters. The Morgan fingerprint density at radius 2 is 2.32 bits per heavy atom. The van der Waals surface area contributed by atoms with E-state index >= 15 is 0 Å². The molecule has 3 nitrogen and oxygen atoms in total. The summed E-state index contributed by atoms with van der Waals surface area (Å²) in [4.78, 5) is 6.81. The van der Waals surface area contributed by atoms with E-state index in [1.165, 1.54) is 37.1 Å². The van der Waals surface area contributed by atoms with E-state index in [4.69, 9.17) is 0 Å². The predicted octanol–water partition coefficient (Wildman–Crippen LogP) is 2.60. The van der Waals surface area contributed by atoms with Crippen molar-refractivity contribution in [2.45, 2.75) is 46.2 Å². The van der Waals surface area contributed by atoms with Gasteiger partial charge in [0.1, 0.15) is 0 Å². The Hall–Kier alpha value is -0.930. The highest BCUT2D eigenvalue weighted by Crippen LogP contribution is 2.19. The lowest BCUT2D eigenvalue weighted by Gasteiger charge is -2.37. The molecule has 1 aromatic rings. The van der Waals surface area contributed by atoms with Gasteiger partial charge >= 0.3 is 0 Å². The molecule has 3 heteroatoms. The molecule has 106 valence electrons. The van der Waals surface area contributed by atoms with Crippen LogP contribution in [-0.4, -0.2) is 35.6 Å². The molecule has 0 bridgehead atoms. The van der Waals surface area contributed by atoms with Crippen molar-refractivity contribution in [3.63, 3.8) is 0 Å². The van der Waals surface area contributed by atoms with Crippen LogP contribution >= 0.6 is 0 Å². The van der Waals surface area contributed by atoms with Gasteiger partial charge in [-0.25, -0.2) is 0 Å². The summed E-state index contributed by atoms with van der Waals surface area (Å²) >= 11 is 0. The van der Waals surface area contributed by atoms with Crippen LogP contribution < -0.4 is 5.32 Å². The van der Waals surface area contributed by atoms with Crippen molar-refractivity contribution in [3.05, 3.63) is 29.6 Å². The number of pyridine rings is 1. The second-order valence-electron chi connectivity index (χ2n) is 5.86. The second-order valence-corrected chi connectivity index (χ2v) is 5.86. The van der Waals surface area contributed by atoms with E-state index in [-0.39, 0.29) is 0 Å². The van der Waals surface area contributed by atoms with Crippen LogP contribution in [0.3, 0.4) is 0 Å². The van der Waals surface area contributed by atoms with E-state index in [9.17, 15) is 0 Å². The molecule has 0 amide bonds. The second kappa shape index (κ2) is 7.01. The average molecular weight is 261 g/mol. The Morgan fingerprint density at radius 3 is 3.00 bits per heavy atom. The molecule has 0 radical (unpaired) electrons. The summed E-state index contributed by atoms with van der Waals surface area (Å²) in [7, 11) is 0. The summed E-state index contributed by atoms with van der Waals surface area (Å²) in [5.41, 5.74) is 2.73. The van der Waals surface area contributed by atoms with Gasteiger partial charge in [0.2, 0.25) is 0 Å².